The van der Waals surface area contributed by atoms with Gasteiger partial charge < -0.3 is 9.26 Å². The maximum atomic E-state index is 5.52. The van der Waals surface area contributed by atoms with Gasteiger partial charge in [-0.15, -0.1) is 0 Å². The number of benzene rings is 1. The summed E-state index contributed by atoms with van der Waals surface area (Å²) >= 11 is 0. The summed E-state index contributed by atoms with van der Waals surface area (Å²) in [5.41, 5.74) is 0.892. The van der Waals surface area contributed by atoms with Crippen molar-refractivity contribution in [1.29, 1.82) is 0 Å². The SMILES string of the molecule is CC(C)Oc1ccc(-c2ncno2)cc1. The van der Waals surface area contributed by atoms with Crippen LogP contribution in [0.4, 0.5) is 0 Å². The van der Waals surface area contributed by atoms with Crippen LogP contribution in [-0.4, -0.2) is 16.2 Å². The van der Waals surface area contributed by atoms with Gasteiger partial charge in [-0.05, 0) is 38.1 Å². The molecule has 0 bridgehead atoms. The first-order valence-corrected chi connectivity index (χ1v) is 4.79. The lowest BCUT2D eigenvalue weighted by Gasteiger charge is -2.09. The largest absolute Gasteiger partial charge is 0.491 e. The topological polar surface area (TPSA) is 48.2 Å². The molecule has 1 aromatic heterocycles. The molecule has 0 saturated carbocycles. The fraction of sp³-hybridized carbons (Fsp3) is 0.273. The van der Waals surface area contributed by atoms with Crippen molar-refractivity contribution in [3.63, 3.8) is 0 Å². The minimum absolute atomic E-state index is 0.180. The Kier molecular flexibility index (Phi) is 2.67. The molecule has 1 heterocycles. The van der Waals surface area contributed by atoms with Crippen LogP contribution in [0.2, 0.25) is 0 Å². The van der Waals surface area contributed by atoms with Gasteiger partial charge in [-0.3, -0.25) is 0 Å². The van der Waals surface area contributed by atoms with E-state index in [0.717, 1.165) is 11.3 Å². The van der Waals surface area contributed by atoms with Crippen LogP contribution in [0.1, 0.15) is 13.8 Å². The molecule has 0 amide bonds. The number of hydrogen-bond donors (Lipinski definition) is 0. The molecule has 2 rings (SSSR count). The summed E-state index contributed by atoms with van der Waals surface area (Å²) in [6.07, 6.45) is 1.56. The van der Waals surface area contributed by atoms with E-state index in [1.807, 2.05) is 38.1 Å². The summed E-state index contributed by atoms with van der Waals surface area (Å²) in [6, 6.07) is 7.56. The Bertz CT molecular complexity index is 407. The van der Waals surface area contributed by atoms with Crippen LogP contribution in [0.3, 0.4) is 0 Å². The predicted octanol–water partition coefficient (Wildman–Crippen LogP) is 2.52. The van der Waals surface area contributed by atoms with Crippen molar-refractivity contribution in [2.75, 3.05) is 0 Å². The summed E-state index contributed by atoms with van der Waals surface area (Å²) in [4.78, 5) is 3.96. The first-order chi connectivity index (χ1) is 7.25. The highest BCUT2D eigenvalue weighted by Gasteiger charge is 2.03. The van der Waals surface area contributed by atoms with Crippen LogP contribution in [0.5, 0.6) is 5.75 Å². The van der Waals surface area contributed by atoms with E-state index < -0.39 is 0 Å². The molecule has 0 aliphatic carbocycles. The maximum Gasteiger partial charge on any atom is 0.257 e. The average molecular weight is 204 g/mol. The number of rotatable bonds is 3. The van der Waals surface area contributed by atoms with Gasteiger partial charge in [0.1, 0.15) is 5.75 Å². The molecule has 2 aromatic rings. The molecule has 4 heteroatoms. The van der Waals surface area contributed by atoms with Crippen molar-refractivity contribution in [2.24, 2.45) is 0 Å². The zero-order valence-corrected chi connectivity index (χ0v) is 8.68. The second-order valence-electron chi connectivity index (χ2n) is 3.44. The van der Waals surface area contributed by atoms with Crippen molar-refractivity contribution >= 4 is 0 Å². The van der Waals surface area contributed by atoms with Crippen LogP contribution in [-0.2, 0) is 0 Å². The van der Waals surface area contributed by atoms with Crippen molar-refractivity contribution in [3.8, 4) is 17.2 Å². The Morgan fingerprint density at radius 3 is 2.47 bits per heavy atom. The molecule has 0 atom stereocenters. The normalized spacial score (nSPS) is 10.6. The van der Waals surface area contributed by atoms with Gasteiger partial charge in [0.05, 0.1) is 6.10 Å². The van der Waals surface area contributed by atoms with Gasteiger partial charge in [-0.2, -0.15) is 4.98 Å². The van der Waals surface area contributed by atoms with E-state index in [0.29, 0.717) is 5.89 Å². The number of hydrogen-bond acceptors (Lipinski definition) is 4. The van der Waals surface area contributed by atoms with Crippen LogP contribution >= 0.6 is 0 Å². The molecule has 0 N–H and O–H groups in total. The van der Waals surface area contributed by atoms with E-state index in [1.165, 1.54) is 6.33 Å². The third kappa shape index (κ3) is 2.34. The third-order valence-electron chi connectivity index (χ3n) is 1.83. The van der Waals surface area contributed by atoms with Crippen LogP contribution in [0, 0.1) is 0 Å². The molecule has 0 radical (unpaired) electrons. The minimum Gasteiger partial charge on any atom is -0.491 e. The van der Waals surface area contributed by atoms with E-state index in [4.69, 9.17) is 9.26 Å². The lowest BCUT2D eigenvalue weighted by Crippen LogP contribution is -2.05. The van der Waals surface area contributed by atoms with Gasteiger partial charge in [0.25, 0.3) is 5.89 Å². The highest BCUT2D eigenvalue weighted by molar-refractivity contribution is 5.53. The Labute approximate surface area is 87.9 Å². The Morgan fingerprint density at radius 1 is 1.20 bits per heavy atom. The van der Waals surface area contributed by atoms with Gasteiger partial charge in [0.2, 0.25) is 0 Å². The monoisotopic (exact) mass is 204 g/mol. The molecule has 15 heavy (non-hydrogen) atoms. The fourth-order valence-electron chi connectivity index (χ4n) is 1.25. The summed E-state index contributed by atoms with van der Waals surface area (Å²) in [7, 11) is 0. The lowest BCUT2D eigenvalue weighted by molar-refractivity contribution is 0.242. The second-order valence-corrected chi connectivity index (χ2v) is 3.44. The molecule has 78 valence electrons. The van der Waals surface area contributed by atoms with E-state index in [9.17, 15) is 0 Å². The van der Waals surface area contributed by atoms with Gasteiger partial charge in [-0.1, -0.05) is 5.16 Å². The number of nitrogens with zero attached hydrogens (tertiary/aromatic N) is 2. The standard InChI is InChI=1S/C11H12N2O2/c1-8(2)14-10-5-3-9(4-6-10)11-12-7-13-15-11/h3-8H,1-2H3. The van der Waals surface area contributed by atoms with E-state index in [-0.39, 0.29) is 6.10 Å². The van der Waals surface area contributed by atoms with Crippen molar-refractivity contribution < 1.29 is 9.26 Å². The molecule has 4 nitrogen and oxygen atoms in total. The average Bonchev–Trinajstić information content (AvgIpc) is 2.71. The van der Waals surface area contributed by atoms with Gasteiger partial charge >= 0.3 is 0 Å². The van der Waals surface area contributed by atoms with Crippen LogP contribution < -0.4 is 4.74 Å². The Morgan fingerprint density at radius 2 is 1.93 bits per heavy atom. The summed E-state index contributed by atoms with van der Waals surface area (Å²) < 4.78 is 10.5. The fourth-order valence-corrected chi connectivity index (χ4v) is 1.25. The first-order valence-electron chi connectivity index (χ1n) is 4.79. The Hall–Kier alpha value is -1.84. The maximum absolute atomic E-state index is 5.52. The van der Waals surface area contributed by atoms with Gasteiger partial charge in [0, 0.05) is 5.56 Å². The van der Waals surface area contributed by atoms with Crippen molar-refractivity contribution in [2.45, 2.75) is 20.0 Å². The lowest BCUT2D eigenvalue weighted by atomic mass is 10.2. The predicted molar refractivity (Wildman–Crippen MR) is 55.5 cm³/mol. The highest BCUT2D eigenvalue weighted by Crippen LogP contribution is 2.20. The number of aromatic nitrogens is 2. The van der Waals surface area contributed by atoms with Crippen molar-refractivity contribution in [3.05, 3.63) is 30.6 Å². The summed E-state index contributed by atoms with van der Waals surface area (Å²) in [6.45, 7) is 3.98. The molecule has 0 aliphatic heterocycles. The summed E-state index contributed by atoms with van der Waals surface area (Å²) in [5.74, 6) is 1.36. The number of ether oxygens (including phenoxy) is 1. The Balaban J connectivity index is 2.17. The summed E-state index contributed by atoms with van der Waals surface area (Å²) in [5, 5.41) is 3.55. The zero-order chi connectivity index (χ0) is 10.7. The molecule has 0 saturated heterocycles. The quantitative estimate of drug-likeness (QED) is 0.770. The molecule has 1 aromatic carbocycles. The molecular weight excluding hydrogens is 192 g/mol. The second kappa shape index (κ2) is 4.13. The molecule has 0 spiro atoms. The van der Waals surface area contributed by atoms with E-state index >= 15 is 0 Å². The first kappa shape index (κ1) is 9.71. The van der Waals surface area contributed by atoms with E-state index in [1.54, 1.807) is 0 Å². The zero-order valence-electron chi connectivity index (χ0n) is 8.68. The molecular formula is C11H12N2O2. The van der Waals surface area contributed by atoms with Gasteiger partial charge in [0.15, 0.2) is 6.33 Å². The highest BCUT2D eigenvalue weighted by atomic mass is 16.5. The third-order valence-corrected chi connectivity index (χ3v) is 1.83. The van der Waals surface area contributed by atoms with Crippen LogP contribution in [0.15, 0.2) is 35.1 Å². The minimum atomic E-state index is 0.180. The van der Waals surface area contributed by atoms with Crippen molar-refractivity contribution in [1.82, 2.24) is 10.1 Å². The van der Waals surface area contributed by atoms with Crippen LogP contribution in [0.25, 0.3) is 11.5 Å². The molecule has 0 aliphatic rings. The van der Waals surface area contributed by atoms with E-state index in [2.05, 4.69) is 10.1 Å². The molecule has 0 fully saturated rings. The smallest absolute Gasteiger partial charge is 0.257 e. The molecule has 0 unspecified atom stereocenters. The van der Waals surface area contributed by atoms with Gasteiger partial charge in [-0.25, -0.2) is 0 Å².